The van der Waals surface area contributed by atoms with Gasteiger partial charge in [0.2, 0.25) is 0 Å². The average molecular weight is 348 g/mol. The predicted molar refractivity (Wildman–Crippen MR) is 98.8 cm³/mol. The lowest BCUT2D eigenvalue weighted by atomic mass is 10.1. The topological polar surface area (TPSA) is 68.1 Å². The second-order valence-corrected chi connectivity index (χ2v) is 6.50. The van der Waals surface area contributed by atoms with Crippen LogP contribution in [-0.4, -0.2) is 31.6 Å². The van der Waals surface area contributed by atoms with E-state index in [0.717, 1.165) is 18.5 Å². The first-order valence-corrected chi connectivity index (χ1v) is 8.89. The Morgan fingerprint density at radius 1 is 1.15 bits per heavy atom. The molecule has 1 aliphatic rings. The number of rotatable bonds is 5. The van der Waals surface area contributed by atoms with Gasteiger partial charge >= 0.3 is 0 Å². The Morgan fingerprint density at radius 3 is 2.54 bits per heavy atom. The third-order valence-electron chi connectivity index (χ3n) is 4.68. The van der Waals surface area contributed by atoms with E-state index >= 15 is 0 Å². The number of nitrogens with zero attached hydrogens (tertiary/aromatic N) is 4. The SMILES string of the molecule is CCn1nc(C(=O)N(Cc2ccccn2)C2CC2)c2ccccc2c1=O. The summed E-state index contributed by atoms with van der Waals surface area (Å²) in [4.78, 5) is 32.0. The number of hydrogen-bond acceptors (Lipinski definition) is 4. The van der Waals surface area contributed by atoms with Gasteiger partial charge in [-0.2, -0.15) is 5.10 Å². The normalized spacial score (nSPS) is 13.7. The van der Waals surface area contributed by atoms with Crippen LogP contribution >= 0.6 is 0 Å². The molecule has 0 saturated heterocycles. The lowest BCUT2D eigenvalue weighted by Crippen LogP contribution is -2.35. The Balaban J connectivity index is 1.79. The summed E-state index contributed by atoms with van der Waals surface area (Å²) >= 11 is 0. The molecule has 3 aromatic rings. The number of pyridine rings is 1. The molecule has 132 valence electrons. The largest absolute Gasteiger partial charge is 0.328 e. The Kier molecular flexibility index (Phi) is 4.24. The van der Waals surface area contributed by atoms with Crippen LogP contribution in [0.5, 0.6) is 0 Å². The van der Waals surface area contributed by atoms with Gasteiger partial charge in [-0.3, -0.25) is 14.6 Å². The number of carbonyl (C=O) groups is 1. The molecule has 0 N–H and O–H groups in total. The summed E-state index contributed by atoms with van der Waals surface area (Å²) < 4.78 is 1.36. The molecule has 6 nitrogen and oxygen atoms in total. The standard InChI is InChI=1S/C20H20N4O2/c1-2-24-19(25)17-9-4-3-8-16(17)18(22-24)20(26)23(15-10-11-15)13-14-7-5-6-12-21-14/h3-9,12,15H,2,10-11,13H2,1H3. The number of benzene rings is 1. The fourth-order valence-electron chi connectivity index (χ4n) is 3.16. The third-order valence-corrected chi connectivity index (χ3v) is 4.68. The summed E-state index contributed by atoms with van der Waals surface area (Å²) in [5.41, 5.74) is 1.02. The molecule has 1 amide bonds. The third kappa shape index (κ3) is 2.98. The molecule has 0 bridgehead atoms. The van der Waals surface area contributed by atoms with Crippen molar-refractivity contribution in [2.75, 3.05) is 0 Å². The molecule has 1 aromatic carbocycles. The Hall–Kier alpha value is -3.02. The van der Waals surface area contributed by atoms with Crippen LogP contribution in [0.1, 0.15) is 35.9 Å². The highest BCUT2D eigenvalue weighted by Gasteiger charge is 2.35. The van der Waals surface area contributed by atoms with Crippen LogP contribution in [-0.2, 0) is 13.1 Å². The zero-order chi connectivity index (χ0) is 18.1. The molecular weight excluding hydrogens is 328 g/mol. The zero-order valence-corrected chi connectivity index (χ0v) is 14.6. The Labute approximate surface area is 151 Å². The fraction of sp³-hybridized carbons (Fsp3) is 0.300. The highest BCUT2D eigenvalue weighted by atomic mass is 16.2. The van der Waals surface area contributed by atoms with Crippen molar-refractivity contribution in [3.63, 3.8) is 0 Å². The van der Waals surface area contributed by atoms with Crippen molar-refractivity contribution in [2.45, 2.75) is 38.9 Å². The van der Waals surface area contributed by atoms with E-state index in [0.29, 0.717) is 29.6 Å². The van der Waals surface area contributed by atoms with E-state index in [4.69, 9.17) is 0 Å². The maximum absolute atomic E-state index is 13.3. The predicted octanol–water partition coefficient (Wildman–Crippen LogP) is 2.62. The molecule has 6 heteroatoms. The number of aromatic nitrogens is 3. The van der Waals surface area contributed by atoms with Gasteiger partial charge in [0.1, 0.15) is 0 Å². The van der Waals surface area contributed by atoms with E-state index in [1.807, 2.05) is 42.2 Å². The first-order valence-electron chi connectivity index (χ1n) is 8.89. The second kappa shape index (κ2) is 6.71. The van der Waals surface area contributed by atoms with Gasteiger partial charge in [0, 0.05) is 24.2 Å². The molecule has 2 aromatic heterocycles. The highest BCUT2D eigenvalue weighted by molar-refractivity contribution is 6.05. The van der Waals surface area contributed by atoms with Gasteiger partial charge in [-0.25, -0.2) is 4.68 Å². The summed E-state index contributed by atoms with van der Waals surface area (Å²) in [6.45, 7) is 2.73. The first kappa shape index (κ1) is 16.4. The maximum Gasteiger partial charge on any atom is 0.275 e. The lowest BCUT2D eigenvalue weighted by Gasteiger charge is -2.22. The molecule has 0 unspecified atom stereocenters. The van der Waals surface area contributed by atoms with E-state index in [-0.39, 0.29) is 17.5 Å². The van der Waals surface area contributed by atoms with Crippen molar-refractivity contribution in [1.82, 2.24) is 19.7 Å². The number of amides is 1. The van der Waals surface area contributed by atoms with Crippen molar-refractivity contribution < 1.29 is 4.79 Å². The second-order valence-electron chi connectivity index (χ2n) is 6.50. The lowest BCUT2D eigenvalue weighted by molar-refractivity contribution is 0.0721. The zero-order valence-electron chi connectivity index (χ0n) is 14.6. The number of aryl methyl sites for hydroxylation is 1. The van der Waals surface area contributed by atoms with Crippen LogP contribution in [0.4, 0.5) is 0 Å². The van der Waals surface area contributed by atoms with Crippen LogP contribution in [0.15, 0.2) is 53.5 Å². The molecule has 1 fully saturated rings. The summed E-state index contributed by atoms with van der Waals surface area (Å²) in [6.07, 6.45) is 3.71. The molecule has 0 atom stereocenters. The van der Waals surface area contributed by atoms with Gasteiger partial charge in [-0.05, 0) is 38.0 Å². The smallest absolute Gasteiger partial charge is 0.275 e. The number of carbonyl (C=O) groups excluding carboxylic acids is 1. The quantitative estimate of drug-likeness (QED) is 0.711. The molecule has 0 radical (unpaired) electrons. The minimum absolute atomic E-state index is 0.142. The van der Waals surface area contributed by atoms with Crippen LogP contribution < -0.4 is 5.56 Å². The Bertz CT molecular complexity index is 1010. The molecule has 26 heavy (non-hydrogen) atoms. The van der Waals surface area contributed by atoms with E-state index < -0.39 is 0 Å². The van der Waals surface area contributed by atoms with Crippen molar-refractivity contribution >= 4 is 16.7 Å². The van der Waals surface area contributed by atoms with Crippen molar-refractivity contribution in [2.24, 2.45) is 0 Å². The average Bonchev–Trinajstić information content (AvgIpc) is 3.52. The molecule has 2 heterocycles. The van der Waals surface area contributed by atoms with Gasteiger partial charge in [0.25, 0.3) is 11.5 Å². The molecule has 4 rings (SSSR count). The van der Waals surface area contributed by atoms with E-state index in [2.05, 4.69) is 10.1 Å². The molecule has 1 saturated carbocycles. The van der Waals surface area contributed by atoms with Crippen molar-refractivity contribution in [3.05, 3.63) is 70.4 Å². The summed E-state index contributed by atoms with van der Waals surface area (Å²) in [5.74, 6) is -0.142. The highest BCUT2D eigenvalue weighted by Crippen LogP contribution is 2.30. The van der Waals surface area contributed by atoms with Crippen molar-refractivity contribution in [3.8, 4) is 0 Å². The minimum Gasteiger partial charge on any atom is -0.328 e. The van der Waals surface area contributed by atoms with Crippen LogP contribution in [0, 0.1) is 0 Å². The summed E-state index contributed by atoms with van der Waals surface area (Å²) in [6, 6.07) is 13.1. The van der Waals surface area contributed by atoms with Gasteiger partial charge < -0.3 is 4.90 Å². The summed E-state index contributed by atoms with van der Waals surface area (Å²) in [7, 11) is 0. The fourth-order valence-corrected chi connectivity index (χ4v) is 3.16. The van der Waals surface area contributed by atoms with Gasteiger partial charge in [-0.15, -0.1) is 0 Å². The van der Waals surface area contributed by atoms with Gasteiger partial charge in [0.05, 0.1) is 17.6 Å². The molecule has 1 aliphatic carbocycles. The molecular formula is C20H20N4O2. The van der Waals surface area contributed by atoms with Gasteiger partial charge in [-0.1, -0.05) is 24.3 Å². The van der Waals surface area contributed by atoms with Crippen LogP contribution in [0.2, 0.25) is 0 Å². The maximum atomic E-state index is 13.3. The van der Waals surface area contributed by atoms with Crippen LogP contribution in [0.3, 0.4) is 0 Å². The Morgan fingerprint density at radius 2 is 1.88 bits per heavy atom. The van der Waals surface area contributed by atoms with Gasteiger partial charge in [0.15, 0.2) is 5.69 Å². The van der Waals surface area contributed by atoms with E-state index in [1.54, 1.807) is 18.3 Å². The van der Waals surface area contributed by atoms with E-state index in [9.17, 15) is 9.59 Å². The minimum atomic E-state index is -0.164. The summed E-state index contributed by atoms with van der Waals surface area (Å²) in [5, 5.41) is 5.52. The molecule has 0 spiro atoms. The van der Waals surface area contributed by atoms with Crippen molar-refractivity contribution in [1.29, 1.82) is 0 Å². The van der Waals surface area contributed by atoms with Crippen LogP contribution in [0.25, 0.3) is 10.8 Å². The number of fused-ring (bicyclic) bond motifs is 1. The number of hydrogen-bond donors (Lipinski definition) is 0. The van der Waals surface area contributed by atoms with E-state index in [1.165, 1.54) is 4.68 Å². The molecule has 0 aliphatic heterocycles. The monoisotopic (exact) mass is 348 g/mol. The first-order chi connectivity index (χ1) is 12.7.